The third-order valence-electron chi connectivity index (χ3n) is 1.77. The zero-order valence-electron chi connectivity index (χ0n) is 9.25. The molecule has 0 saturated heterocycles. The molecule has 0 aliphatic heterocycles. The largest absolute Gasteiger partial charge is 0.348 e. The summed E-state index contributed by atoms with van der Waals surface area (Å²) in [5.74, 6) is 1.61. The van der Waals surface area contributed by atoms with Crippen molar-refractivity contribution >= 4 is 18.2 Å². The second kappa shape index (κ2) is 3.65. The van der Waals surface area contributed by atoms with E-state index in [2.05, 4.69) is 35.7 Å². The Balaban J connectivity index is 3.28. The molecule has 14 heavy (non-hydrogen) atoms. The Morgan fingerprint density at radius 2 is 1.79 bits per heavy atom. The van der Waals surface area contributed by atoms with Crippen LogP contribution in [0.25, 0.3) is 0 Å². The number of nitrogens with zero attached hydrogens (tertiary/aromatic N) is 3. The number of aromatic amines is 1. The van der Waals surface area contributed by atoms with Crippen molar-refractivity contribution in [3.8, 4) is 0 Å². The maximum atomic E-state index is 5.01. The van der Waals surface area contributed by atoms with E-state index in [0.29, 0.717) is 4.77 Å². The lowest BCUT2D eigenvalue weighted by Gasteiger charge is -2.19. The lowest BCUT2D eigenvalue weighted by molar-refractivity contribution is 0.539. The molecule has 0 unspecified atom stereocenters. The molecule has 5 heteroatoms. The summed E-state index contributed by atoms with van der Waals surface area (Å²) in [4.78, 5) is 13.4. The van der Waals surface area contributed by atoms with Crippen molar-refractivity contribution in [3.63, 3.8) is 0 Å². The average Bonchev–Trinajstić information content (AvgIpc) is 2.01. The van der Waals surface area contributed by atoms with Crippen LogP contribution in [0.5, 0.6) is 0 Å². The van der Waals surface area contributed by atoms with Gasteiger partial charge in [-0.1, -0.05) is 20.8 Å². The standard InChI is InChI=1S/C9H16N4S/c1-9(2,3)6-10-7(13(4)5)12-8(14)11-6/h1-5H3,(H,10,11,12,14). The highest BCUT2D eigenvalue weighted by molar-refractivity contribution is 7.71. The van der Waals surface area contributed by atoms with Gasteiger partial charge >= 0.3 is 0 Å². The molecule has 0 bridgehead atoms. The van der Waals surface area contributed by atoms with E-state index in [0.717, 1.165) is 11.8 Å². The predicted octanol–water partition coefficient (Wildman–Crippen LogP) is 1.90. The van der Waals surface area contributed by atoms with E-state index >= 15 is 0 Å². The van der Waals surface area contributed by atoms with Gasteiger partial charge in [-0.05, 0) is 12.2 Å². The lowest BCUT2D eigenvalue weighted by atomic mass is 9.96. The summed E-state index contributed by atoms with van der Waals surface area (Å²) < 4.78 is 0.386. The highest BCUT2D eigenvalue weighted by Gasteiger charge is 2.17. The van der Waals surface area contributed by atoms with Crippen LogP contribution in [-0.2, 0) is 5.41 Å². The summed E-state index contributed by atoms with van der Waals surface area (Å²) >= 11 is 5.01. The van der Waals surface area contributed by atoms with Gasteiger partial charge in [0.1, 0.15) is 5.82 Å². The number of H-pyrrole nitrogens is 1. The Hall–Kier alpha value is -0.970. The summed E-state index contributed by atoms with van der Waals surface area (Å²) in [5, 5.41) is 0. The molecule has 1 N–H and O–H groups in total. The minimum absolute atomic E-state index is 0.0404. The van der Waals surface area contributed by atoms with Crippen LogP contribution < -0.4 is 4.90 Å². The first-order chi connectivity index (χ1) is 6.30. The van der Waals surface area contributed by atoms with Crippen LogP contribution in [0.2, 0.25) is 0 Å². The van der Waals surface area contributed by atoms with Crippen LogP contribution in [0.1, 0.15) is 26.6 Å². The molecule has 1 heterocycles. The molecule has 0 atom stereocenters. The summed E-state index contributed by atoms with van der Waals surface area (Å²) in [7, 11) is 3.83. The highest BCUT2D eigenvalue weighted by atomic mass is 32.1. The van der Waals surface area contributed by atoms with Gasteiger partial charge in [0.15, 0.2) is 0 Å². The fourth-order valence-corrected chi connectivity index (χ4v) is 1.12. The van der Waals surface area contributed by atoms with E-state index in [4.69, 9.17) is 12.2 Å². The monoisotopic (exact) mass is 212 g/mol. The summed E-state index contributed by atoms with van der Waals surface area (Å²) in [6.45, 7) is 6.25. The van der Waals surface area contributed by atoms with Gasteiger partial charge in [-0.15, -0.1) is 0 Å². The van der Waals surface area contributed by atoms with Gasteiger partial charge in [-0.3, -0.25) is 0 Å². The maximum Gasteiger partial charge on any atom is 0.224 e. The quantitative estimate of drug-likeness (QED) is 0.722. The van der Waals surface area contributed by atoms with Gasteiger partial charge in [-0.2, -0.15) is 4.98 Å². The Kier molecular flexibility index (Phi) is 2.89. The molecule has 0 aliphatic carbocycles. The number of hydrogen-bond donors (Lipinski definition) is 1. The molecule has 0 spiro atoms. The summed E-state index contributed by atoms with van der Waals surface area (Å²) in [6.07, 6.45) is 0. The van der Waals surface area contributed by atoms with Gasteiger partial charge in [0.25, 0.3) is 0 Å². The average molecular weight is 212 g/mol. The Bertz CT molecular complexity index is 375. The van der Waals surface area contributed by atoms with Gasteiger partial charge in [0.2, 0.25) is 10.7 Å². The predicted molar refractivity (Wildman–Crippen MR) is 60.2 cm³/mol. The van der Waals surface area contributed by atoms with Crippen LogP contribution in [0.15, 0.2) is 0 Å². The van der Waals surface area contributed by atoms with Crippen molar-refractivity contribution in [1.29, 1.82) is 0 Å². The van der Waals surface area contributed by atoms with Gasteiger partial charge in [0, 0.05) is 19.5 Å². The number of hydrogen-bond acceptors (Lipinski definition) is 4. The van der Waals surface area contributed by atoms with Crippen LogP contribution in [-0.4, -0.2) is 29.0 Å². The Labute approximate surface area is 89.4 Å². The molecule has 0 aliphatic rings. The molecule has 1 rings (SSSR count). The number of nitrogens with one attached hydrogen (secondary N) is 1. The highest BCUT2D eigenvalue weighted by Crippen LogP contribution is 2.18. The van der Waals surface area contributed by atoms with Gasteiger partial charge < -0.3 is 9.88 Å². The van der Waals surface area contributed by atoms with Gasteiger partial charge in [-0.25, -0.2) is 4.98 Å². The fourth-order valence-electron chi connectivity index (χ4n) is 0.940. The van der Waals surface area contributed by atoms with E-state index in [1.807, 2.05) is 19.0 Å². The second-order valence-electron chi connectivity index (χ2n) is 4.45. The molecule has 0 amide bonds. The first-order valence-corrected chi connectivity index (χ1v) is 4.87. The zero-order valence-corrected chi connectivity index (χ0v) is 10.1. The molecule has 0 radical (unpaired) electrons. The molecule has 0 fully saturated rings. The van der Waals surface area contributed by atoms with E-state index < -0.39 is 0 Å². The van der Waals surface area contributed by atoms with Crippen molar-refractivity contribution in [1.82, 2.24) is 15.0 Å². The maximum absolute atomic E-state index is 5.01. The molecule has 0 aromatic carbocycles. The Morgan fingerprint density at radius 1 is 1.21 bits per heavy atom. The zero-order chi connectivity index (χ0) is 10.9. The fraction of sp³-hybridized carbons (Fsp3) is 0.667. The minimum Gasteiger partial charge on any atom is -0.348 e. The summed E-state index contributed by atoms with van der Waals surface area (Å²) in [5.41, 5.74) is -0.0404. The van der Waals surface area contributed by atoms with Crippen molar-refractivity contribution in [2.24, 2.45) is 0 Å². The molecule has 1 aromatic heterocycles. The van der Waals surface area contributed by atoms with Crippen molar-refractivity contribution in [2.45, 2.75) is 26.2 Å². The minimum atomic E-state index is -0.0404. The summed E-state index contributed by atoms with van der Waals surface area (Å²) in [6, 6.07) is 0. The molecular formula is C9H16N4S. The number of aromatic nitrogens is 3. The Morgan fingerprint density at radius 3 is 2.21 bits per heavy atom. The molecule has 0 saturated carbocycles. The smallest absolute Gasteiger partial charge is 0.224 e. The van der Waals surface area contributed by atoms with Crippen LogP contribution in [0, 0.1) is 4.77 Å². The topological polar surface area (TPSA) is 44.8 Å². The van der Waals surface area contributed by atoms with Crippen molar-refractivity contribution in [2.75, 3.05) is 19.0 Å². The van der Waals surface area contributed by atoms with Crippen LogP contribution in [0.4, 0.5) is 5.95 Å². The van der Waals surface area contributed by atoms with Crippen molar-refractivity contribution < 1.29 is 0 Å². The second-order valence-corrected chi connectivity index (χ2v) is 4.81. The molecule has 1 aromatic rings. The normalized spacial score (nSPS) is 11.5. The van der Waals surface area contributed by atoms with Crippen LogP contribution in [0.3, 0.4) is 0 Å². The van der Waals surface area contributed by atoms with Gasteiger partial charge in [0.05, 0.1) is 0 Å². The third kappa shape index (κ3) is 2.51. The first-order valence-electron chi connectivity index (χ1n) is 4.47. The van der Waals surface area contributed by atoms with E-state index in [9.17, 15) is 0 Å². The number of rotatable bonds is 1. The van der Waals surface area contributed by atoms with E-state index in [-0.39, 0.29) is 5.41 Å². The van der Waals surface area contributed by atoms with Crippen LogP contribution >= 0.6 is 12.2 Å². The van der Waals surface area contributed by atoms with E-state index in [1.165, 1.54) is 0 Å². The SMILES string of the molecule is CN(C)c1nc(=S)nc(C(C)(C)C)[nH]1. The lowest BCUT2D eigenvalue weighted by Crippen LogP contribution is -2.21. The number of anilines is 1. The van der Waals surface area contributed by atoms with Crippen molar-refractivity contribution in [3.05, 3.63) is 10.6 Å². The molecule has 78 valence electrons. The first kappa shape index (κ1) is 11.1. The van der Waals surface area contributed by atoms with E-state index in [1.54, 1.807) is 0 Å². The third-order valence-corrected chi connectivity index (χ3v) is 1.96. The molecular weight excluding hydrogens is 196 g/mol. The molecule has 4 nitrogen and oxygen atoms in total.